The van der Waals surface area contributed by atoms with Gasteiger partial charge in [-0.15, -0.1) is 0 Å². The van der Waals surface area contributed by atoms with E-state index in [4.69, 9.17) is 9.47 Å². The standard InChI is InChI=1S/C28H29NO2/c1-4-30-28-17-22(18-29-25-14-12-20(2)21(3)16-25)13-15-27(28)31-19-24-10-7-9-23-8-5-6-11-26(23)24/h5-17,29H,4,18-19H2,1-3H3. The van der Waals surface area contributed by atoms with Crippen LogP contribution in [0, 0.1) is 13.8 Å². The average Bonchev–Trinajstić information content (AvgIpc) is 2.79. The summed E-state index contributed by atoms with van der Waals surface area (Å²) in [5.74, 6) is 1.55. The summed E-state index contributed by atoms with van der Waals surface area (Å²) in [5.41, 5.74) is 6.03. The molecule has 0 aliphatic rings. The summed E-state index contributed by atoms with van der Waals surface area (Å²) in [6.45, 7) is 8.08. The molecule has 0 radical (unpaired) electrons. The summed E-state index contributed by atoms with van der Waals surface area (Å²) in [7, 11) is 0. The molecule has 3 heteroatoms. The number of aryl methyl sites for hydroxylation is 2. The van der Waals surface area contributed by atoms with Crippen LogP contribution in [0.4, 0.5) is 5.69 Å². The zero-order valence-electron chi connectivity index (χ0n) is 18.4. The molecule has 0 aliphatic carbocycles. The van der Waals surface area contributed by atoms with Gasteiger partial charge in [0, 0.05) is 12.2 Å². The molecule has 0 bridgehead atoms. The normalized spacial score (nSPS) is 10.8. The van der Waals surface area contributed by atoms with Crippen molar-refractivity contribution in [2.24, 2.45) is 0 Å². The minimum atomic E-state index is 0.502. The first kappa shape index (κ1) is 20.8. The summed E-state index contributed by atoms with van der Waals surface area (Å²) in [6, 6.07) is 27.3. The second-order valence-electron chi connectivity index (χ2n) is 7.79. The Morgan fingerprint density at radius 2 is 1.58 bits per heavy atom. The van der Waals surface area contributed by atoms with Crippen LogP contribution in [0.5, 0.6) is 11.5 Å². The quantitative estimate of drug-likeness (QED) is 0.337. The SMILES string of the molecule is CCOc1cc(CNc2ccc(C)c(C)c2)ccc1OCc1cccc2ccccc12. The van der Waals surface area contributed by atoms with Crippen molar-refractivity contribution in [1.82, 2.24) is 0 Å². The minimum absolute atomic E-state index is 0.502. The van der Waals surface area contributed by atoms with Gasteiger partial charge in [0.2, 0.25) is 0 Å². The third-order valence-electron chi connectivity index (χ3n) is 5.57. The molecule has 0 amide bonds. The molecule has 0 aliphatic heterocycles. The van der Waals surface area contributed by atoms with Crippen molar-refractivity contribution < 1.29 is 9.47 Å². The Kier molecular flexibility index (Phi) is 6.42. The Morgan fingerprint density at radius 3 is 2.42 bits per heavy atom. The Labute approximate surface area is 184 Å². The number of hydrogen-bond donors (Lipinski definition) is 1. The molecule has 3 nitrogen and oxygen atoms in total. The highest BCUT2D eigenvalue weighted by Gasteiger charge is 2.09. The maximum Gasteiger partial charge on any atom is 0.161 e. The van der Waals surface area contributed by atoms with Gasteiger partial charge < -0.3 is 14.8 Å². The zero-order chi connectivity index (χ0) is 21.6. The molecule has 0 spiro atoms. The van der Waals surface area contributed by atoms with Crippen molar-refractivity contribution >= 4 is 16.5 Å². The molecule has 158 valence electrons. The molecule has 0 fully saturated rings. The Balaban J connectivity index is 1.48. The Bertz CT molecular complexity index is 1180. The van der Waals surface area contributed by atoms with Crippen molar-refractivity contribution in [3.63, 3.8) is 0 Å². The molecule has 0 unspecified atom stereocenters. The van der Waals surface area contributed by atoms with Gasteiger partial charge in [0.05, 0.1) is 6.61 Å². The highest BCUT2D eigenvalue weighted by molar-refractivity contribution is 5.85. The van der Waals surface area contributed by atoms with Gasteiger partial charge in [-0.05, 0) is 78.1 Å². The summed E-state index contributed by atoms with van der Waals surface area (Å²) in [5, 5.41) is 5.94. The lowest BCUT2D eigenvalue weighted by Gasteiger charge is -2.15. The number of hydrogen-bond acceptors (Lipinski definition) is 3. The summed E-state index contributed by atoms with van der Waals surface area (Å²) in [6.07, 6.45) is 0. The second kappa shape index (κ2) is 9.57. The topological polar surface area (TPSA) is 30.5 Å². The summed E-state index contributed by atoms with van der Waals surface area (Å²) < 4.78 is 12.1. The summed E-state index contributed by atoms with van der Waals surface area (Å²) >= 11 is 0. The van der Waals surface area contributed by atoms with Crippen LogP contribution in [0.2, 0.25) is 0 Å². The van der Waals surface area contributed by atoms with E-state index in [2.05, 4.69) is 92.0 Å². The molecule has 4 aromatic rings. The van der Waals surface area contributed by atoms with Crippen molar-refractivity contribution in [3.05, 3.63) is 101 Å². The molecule has 31 heavy (non-hydrogen) atoms. The monoisotopic (exact) mass is 411 g/mol. The van der Waals surface area contributed by atoms with Crippen molar-refractivity contribution in [1.29, 1.82) is 0 Å². The summed E-state index contributed by atoms with van der Waals surface area (Å²) in [4.78, 5) is 0. The van der Waals surface area contributed by atoms with Gasteiger partial charge >= 0.3 is 0 Å². The fourth-order valence-electron chi connectivity index (χ4n) is 3.68. The maximum absolute atomic E-state index is 6.19. The number of fused-ring (bicyclic) bond motifs is 1. The van der Waals surface area contributed by atoms with Crippen molar-refractivity contribution in [2.75, 3.05) is 11.9 Å². The van der Waals surface area contributed by atoms with E-state index >= 15 is 0 Å². The highest BCUT2D eigenvalue weighted by atomic mass is 16.5. The van der Waals surface area contributed by atoms with E-state index < -0.39 is 0 Å². The molecule has 4 rings (SSSR count). The maximum atomic E-state index is 6.19. The molecule has 0 saturated heterocycles. The van der Waals surface area contributed by atoms with Crippen LogP contribution < -0.4 is 14.8 Å². The van der Waals surface area contributed by atoms with Crippen LogP contribution in [0.15, 0.2) is 78.9 Å². The lowest BCUT2D eigenvalue weighted by Crippen LogP contribution is -2.03. The molecule has 0 atom stereocenters. The molecule has 0 saturated carbocycles. The first-order chi connectivity index (χ1) is 15.1. The highest BCUT2D eigenvalue weighted by Crippen LogP contribution is 2.30. The fraction of sp³-hybridized carbons (Fsp3) is 0.214. The molecular weight excluding hydrogens is 382 g/mol. The second-order valence-corrected chi connectivity index (χ2v) is 7.79. The van der Waals surface area contributed by atoms with Crippen LogP contribution >= 0.6 is 0 Å². The number of rotatable bonds is 8. The van der Waals surface area contributed by atoms with E-state index in [1.165, 1.54) is 27.5 Å². The fourth-order valence-corrected chi connectivity index (χ4v) is 3.68. The first-order valence-corrected chi connectivity index (χ1v) is 10.8. The third kappa shape index (κ3) is 5.00. The molecular formula is C28H29NO2. The van der Waals surface area contributed by atoms with E-state index in [0.29, 0.717) is 13.2 Å². The lowest BCUT2D eigenvalue weighted by atomic mass is 10.1. The van der Waals surface area contributed by atoms with Crippen molar-refractivity contribution in [3.8, 4) is 11.5 Å². The first-order valence-electron chi connectivity index (χ1n) is 10.8. The van der Waals surface area contributed by atoms with E-state index in [-0.39, 0.29) is 0 Å². The predicted octanol–water partition coefficient (Wildman–Crippen LogP) is 7.05. The smallest absolute Gasteiger partial charge is 0.161 e. The van der Waals surface area contributed by atoms with Gasteiger partial charge in [-0.25, -0.2) is 0 Å². The van der Waals surface area contributed by atoms with Crippen LogP contribution in [0.3, 0.4) is 0 Å². The average molecular weight is 412 g/mol. The van der Waals surface area contributed by atoms with Gasteiger partial charge in [-0.1, -0.05) is 54.6 Å². The van der Waals surface area contributed by atoms with Crippen molar-refractivity contribution in [2.45, 2.75) is 33.9 Å². The molecule has 1 N–H and O–H groups in total. The van der Waals surface area contributed by atoms with Crippen LogP contribution in [0.25, 0.3) is 10.8 Å². The molecule has 0 heterocycles. The van der Waals surface area contributed by atoms with E-state index in [1.54, 1.807) is 0 Å². The number of anilines is 1. The van der Waals surface area contributed by atoms with Gasteiger partial charge in [0.15, 0.2) is 11.5 Å². The van der Waals surface area contributed by atoms with Gasteiger partial charge in [-0.3, -0.25) is 0 Å². The number of benzene rings is 4. The third-order valence-corrected chi connectivity index (χ3v) is 5.57. The Hall–Kier alpha value is -3.46. The van der Waals surface area contributed by atoms with E-state index in [9.17, 15) is 0 Å². The van der Waals surface area contributed by atoms with Gasteiger partial charge in [0.1, 0.15) is 6.61 Å². The van der Waals surface area contributed by atoms with Crippen LogP contribution in [-0.4, -0.2) is 6.61 Å². The van der Waals surface area contributed by atoms with Crippen LogP contribution in [-0.2, 0) is 13.2 Å². The largest absolute Gasteiger partial charge is 0.490 e. The molecule has 0 aromatic heterocycles. The predicted molar refractivity (Wildman–Crippen MR) is 129 cm³/mol. The number of nitrogens with one attached hydrogen (secondary N) is 1. The van der Waals surface area contributed by atoms with E-state index in [1.807, 2.05) is 13.0 Å². The minimum Gasteiger partial charge on any atom is -0.490 e. The van der Waals surface area contributed by atoms with Gasteiger partial charge in [0.25, 0.3) is 0 Å². The van der Waals surface area contributed by atoms with Gasteiger partial charge in [-0.2, -0.15) is 0 Å². The molecule has 4 aromatic carbocycles. The number of ether oxygens (including phenoxy) is 2. The lowest BCUT2D eigenvalue weighted by molar-refractivity contribution is 0.270. The zero-order valence-corrected chi connectivity index (χ0v) is 18.4. The Morgan fingerprint density at radius 1 is 0.742 bits per heavy atom. The van der Waals surface area contributed by atoms with Crippen LogP contribution in [0.1, 0.15) is 29.2 Å². The van der Waals surface area contributed by atoms with E-state index in [0.717, 1.165) is 29.3 Å².